The topological polar surface area (TPSA) is 77.7 Å². The van der Waals surface area contributed by atoms with Gasteiger partial charge in [-0.05, 0) is 73.6 Å². The van der Waals surface area contributed by atoms with Gasteiger partial charge in [0.05, 0.1) is 7.11 Å². The standard InChI is InChI=1S/C25H29N3O4/c1-18-26-24(27-32-18)17-31-23-11-7-21(8-12-23)25(29)28-15-13-20(14-16-28)4-3-19-5-9-22(30-2)10-6-19/h5-12,20H,3-4,13-17H2,1-2H3. The lowest BCUT2D eigenvalue weighted by atomic mass is 9.90. The van der Waals surface area contributed by atoms with E-state index in [4.69, 9.17) is 14.0 Å². The van der Waals surface area contributed by atoms with E-state index in [0.29, 0.717) is 28.9 Å². The predicted octanol–water partition coefficient (Wildman–Crippen LogP) is 4.45. The number of hydrogen-bond donors (Lipinski definition) is 0. The van der Waals surface area contributed by atoms with Crippen molar-refractivity contribution in [1.29, 1.82) is 0 Å². The van der Waals surface area contributed by atoms with Crippen molar-refractivity contribution in [3.05, 3.63) is 71.4 Å². The molecule has 1 aliphatic rings. The summed E-state index contributed by atoms with van der Waals surface area (Å²) in [6, 6.07) is 15.5. The van der Waals surface area contributed by atoms with Crippen LogP contribution in [-0.2, 0) is 13.0 Å². The monoisotopic (exact) mass is 435 g/mol. The van der Waals surface area contributed by atoms with Crippen LogP contribution in [0.25, 0.3) is 0 Å². The Balaban J connectivity index is 1.22. The smallest absolute Gasteiger partial charge is 0.253 e. The fraction of sp³-hybridized carbons (Fsp3) is 0.400. The first-order valence-electron chi connectivity index (χ1n) is 11.0. The van der Waals surface area contributed by atoms with Gasteiger partial charge in [0.1, 0.15) is 11.5 Å². The second kappa shape index (κ2) is 10.3. The zero-order valence-electron chi connectivity index (χ0n) is 18.6. The van der Waals surface area contributed by atoms with Crippen molar-refractivity contribution in [3.8, 4) is 11.5 Å². The quantitative estimate of drug-likeness (QED) is 0.520. The second-order valence-corrected chi connectivity index (χ2v) is 8.17. The van der Waals surface area contributed by atoms with Gasteiger partial charge in [0.15, 0.2) is 6.61 Å². The first kappa shape index (κ1) is 21.9. The third kappa shape index (κ3) is 5.66. The molecule has 1 fully saturated rings. The molecule has 32 heavy (non-hydrogen) atoms. The van der Waals surface area contributed by atoms with Gasteiger partial charge < -0.3 is 18.9 Å². The highest BCUT2D eigenvalue weighted by Gasteiger charge is 2.23. The van der Waals surface area contributed by atoms with Crippen LogP contribution in [0.2, 0.25) is 0 Å². The first-order valence-corrected chi connectivity index (χ1v) is 11.0. The van der Waals surface area contributed by atoms with Crippen LogP contribution in [0.15, 0.2) is 53.1 Å². The molecule has 1 aromatic heterocycles. The second-order valence-electron chi connectivity index (χ2n) is 8.17. The van der Waals surface area contributed by atoms with Gasteiger partial charge in [-0.3, -0.25) is 4.79 Å². The molecule has 2 aromatic carbocycles. The maximum Gasteiger partial charge on any atom is 0.253 e. The Morgan fingerprint density at radius 2 is 1.75 bits per heavy atom. The Morgan fingerprint density at radius 3 is 2.38 bits per heavy atom. The van der Waals surface area contributed by atoms with E-state index in [1.165, 1.54) is 5.56 Å². The number of piperidine rings is 1. The largest absolute Gasteiger partial charge is 0.497 e. The Morgan fingerprint density at radius 1 is 1.06 bits per heavy atom. The van der Waals surface area contributed by atoms with E-state index in [9.17, 15) is 4.79 Å². The fourth-order valence-corrected chi connectivity index (χ4v) is 4.01. The van der Waals surface area contributed by atoms with Crippen LogP contribution in [0, 0.1) is 12.8 Å². The van der Waals surface area contributed by atoms with E-state index in [-0.39, 0.29) is 12.5 Å². The zero-order chi connectivity index (χ0) is 22.3. The molecule has 7 heteroatoms. The van der Waals surface area contributed by atoms with Crippen molar-refractivity contribution in [2.24, 2.45) is 5.92 Å². The zero-order valence-corrected chi connectivity index (χ0v) is 18.6. The number of likely N-dealkylation sites (tertiary alicyclic amines) is 1. The molecule has 168 valence electrons. The van der Waals surface area contributed by atoms with Gasteiger partial charge >= 0.3 is 0 Å². The van der Waals surface area contributed by atoms with Gasteiger partial charge in [-0.1, -0.05) is 17.3 Å². The highest BCUT2D eigenvalue weighted by molar-refractivity contribution is 5.94. The minimum absolute atomic E-state index is 0.0824. The maximum atomic E-state index is 12.9. The van der Waals surface area contributed by atoms with Crippen LogP contribution in [0.1, 0.15) is 46.9 Å². The Bertz CT molecular complexity index is 1010. The number of aromatic nitrogens is 2. The summed E-state index contributed by atoms with van der Waals surface area (Å²) in [5.74, 6) is 3.31. The van der Waals surface area contributed by atoms with E-state index in [2.05, 4.69) is 22.3 Å². The highest BCUT2D eigenvalue weighted by atomic mass is 16.5. The lowest BCUT2D eigenvalue weighted by molar-refractivity contribution is 0.0687. The third-order valence-electron chi connectivity index (χ3n) is 5.94. The van der Waals surface area contributed by atoms with Gasteiger partial charge in [-0.25, -0.2) is 0 Å². The lowest BCUT2D eigenvalue weighted by Gasteiger charge is -2.32. The summed E-state index contributed by atoms with van der Waals surface area (Å²) in [4.78, 5) is 18.9. The van der Waals surface area contributed by atoms with Crippen LogP contribution in [0.4, 0.5) is 0 Å². The number of rotatable bonds is 8. The molecule has 0 bridgehead atoms. The van der Waals surface area contributed by atoms with E-state index in [1.54, 1.807) is 14.0 Å². The third-order valence-corrected chi connectivity index (χ3v) is 5.94. The van der Waals surface area contributed by atoms with E-state index in [0.717, 1.165) is 44.5 Å². The molecule has 0 N–H and O–H groups in total. The molecule has 0 atom stereocenters. The molecule has 0 radical (unpaired) electrons. The van der Waals surface area contributed by atoms with Crippen molar-refractivity contribution < 1.29 is 18.8 Å². The van der Waals surface area contributed by atoms with Crippen molar-refractivity contribution in [3.63, 3.8) is 0 Å². The van der Waals surface area contributed by atoms with Crippen molar-refractivity contribution in [2.45, 2.75) is 39.2 Å². The Kier molecular flexibility index (Phi) is 7.04. The molecule has 7 nitrogen and oxygen atoms in total. The van der Waals surface area contributed by atoms with Gasteiger partial charge in [0.25, 0.3) is 5.91 Å². The number of amides is 1. The number of carbonyl (C=O) groups is 1. The van der Waals surface area contributed by atoms with Gasteiger partial charge in [-0.15, -0.1) is 0 Å². The highest BCUT2D eigenvalue weighted by Crippen LogP contribution is 2.25. The van der Waals surface area contributed by atoms with E-state index < -0.39 is 0 Å². The number of nitrogens with zero attached hydrogens (tertiary/aromatic N) is 3. The van der Waals surface area contributed by atoms with E-state index >= 15 is 0 Å². The molecule has 0 aliphatic carbocycles. The van der Waals surface area contributed by atoms with Crippen LogP contribution in [0.5, 0.6) is 11.5 Å². The molecule has 2 heterocycles. The molecular formula is C25H29N3O4. The van der Waals surface area contributed by atoms with Crippen LogP contribution < -0.4 is 9.47 Å². The fourth-order valence-electron chi connectivity index (χ4n) is 4.01. The molecule has 0 spiro atoms. The SMILES string of the molecule is COc1ccc(CCC2CCN(C(=O)c3ccc(OCc4noc(C)n4)cc3)CC2)cc1. The number of carbonyl (C=O) groups excluding carboxylic acids is 1. The molecule has 1 amide bonds. The summed E-state index contributed by atoms with van der Waals surface area (Å²) < 4.78 is 15.8. The van der Waals surface area contributed by atoms with Crippen LogP contribution in [-0.4, -0.2) is 41.1 Å². The van der Waals surface area contributed by atoms with Gasteiger partial charge in [0, 0.05) is 25.6 Å². The van der Waals surface area contributed by atoms with Gasteiger partial charge in [0.2, 0.25) is 11.7 Å². The summed E-state index contributed by atoms with van der Waals surface area (Å²) in [5.41, 5.74) is 2.02. The van der Waals surface area contributed by atoms with Crippen molar-refractivity contribution >= 4 is 5.91 Å². The number of methoxy groups -OCH3 is 1. The summed E-state index contributed by atoms with van der Waals surface area (Å²) in [7, 11) is 1.69. The summed E-state index contributed by atoms with van der Waals surface area (Å²) in [6.45, 7) is 3.58. The summed E-state index contributed by atoms with van der Waals surface area (Å²) >= 11 is 0. The molecule has 1 saturated heterocycles. The number of ether oxygens (including phenoxy) is 2. The van der Waals surface area contributed by atoms with Gasteiger partial charge in [-0.2, -0.15) is 4.98 Å². The summed E-state index contributed by atoms with van der Waals surface area (Å²) in [6.07, 6.45) is 4.31. The minimum atomic E-state index is 0.0824. The van der Waals surface area contributed by atoms with Crippen molar-refractivity contribution in [1.82, 2.24) is 15.0 Å². The number of benzene rings is 2. The average molecular weight is 436 g/mol. The Labute approximate surface area is 188 Å². The normalized spacial score (nSPS) is 14.4. The molecule has 1 aliphatic heterocycles. The predicted molar refractivity (Wildman–Crippen MR) is 120 cm³/mol. The molecule has 0 unspecified atom stereocenters. The molecule has 3 aromatic rings. The first-order chi connectivity index (χ1) is 15.6. The summed E-state index contributed by atoms with van der Waals surface area (Å²) in [5, 5.41) is 3.80. The minimum Gasteiger partial charge on any atom is -0.497 e. The Hall–Kier alpha value is -3.35. The molecular weight excluding hydrogens is 406 g/mol. The van der Waals surface area contributed by atoms with Crippen molar-refractivity contribution in [2.75, 3.05) is 20.2 Å². The van der Waals surface area contributed by atoms with Crippen LogP contribution in [0.3, 0.4) is 0 Å². The number of hydrogen-bond acceptors (Lipinski definition) is 6. The maximum absolute atomic E-state index is 12.9. The molecule has 4 rings (SSSR count). The number of aryl methyl sites for hydroxylation is 2. The lowest BCUT2D eigenvalue weighted by Crippen LogP contribution is -2.38. The van der Waals surface area contributed by atoms with E-state index in [1.807, 2.05) is 41.3 Å². The van der Waals surface area contributed by atoms with Crippen LogP contribution >= 0.6 is 0 Å². The average Bonchev–Trinajstić information content (AvgIpc) is 3.27. The molecule has 0 saturated carbocycles.